The molecule has 0 radical (unpaired) electrons. The third-order valence-electron chi connectivity index (χ3n) is 3.11. The minimum Gasteiger partial charge on any atom is -0.481 e. The topological polar surface area (TPSA) is 75.6 Å². The Morgan fingerprint density at radius 2 is 2.28 bits per heavy atom. The minimum absolute atomic E-state index is 0.171. The number of rotatable bonds is 4. The number of carbonyl (C=O) groups is 1. The third-order valence-corrected chi connectivity index (χ3v) is 3.94. The summed E-state index contributed by atoms with van der Waals surface area (Å²) < 4.78 is 9.54. The zero-order chi connectivity index (χ0) is 13.3. The zero-order valence-corrected chi connectivity index (χ0v) is 11.5. The highest BCUT2D eigenvalue weighted by molar-refractivity contribution is 7.09. The number of carboxylic acid groups (broad SMARTS) is 1. The number of hydrogen-bond acceptors (Lipinski definition) is 6. The molecule has 0 aliphatic carbocycles. The van der Waals surface area contributed by atoms with Crippen LogP contribution in [0.3, 0.4) is 0 Å². The van der Waals surface area contributed by atoms with Crippen molar-refractivity contribution in [3.63, 3.8) is 0 Å². The normalized spacial score (nSPS) is 23.6. The lowest BCUT2D eigenvalue weighted by atomic mass is 10.0. The molecule has 1 aromatic rings. The maximum Gasteiger partial charge on any atom is 0.311 e. The predicted octanol–water partition coefficient (Wildman–Crippen LogP) is 1.20. The van der Waals surface area contributed by atoms with Crippen molar-refractivity contribution in [3.8, 4) is 0 Å². The molecule has 2 rings (SSSR count). The molecule has 1 aromatic heterocycles. The summed E-state index contributed by atoms with van der Waals surface area (Å²) in [5.74, 6) is -0.245. The highest BCUT2D eigenvalue weighted by atomic mass is 32.1. The first-order valence-electron chi connectivity index (χ1n) is 5.87. The Labute approximate surface area is 110 Å². The van der Waals surface area contributed by atoms with Gasteiger partial charge < -0.3 is 14.7 Å². The largest absolute Gasteiger partial charge is 0.481 e. The molecule has 1 N–H and O–H groups in total. The average Bonchev–Trinajstić information content (AvgIpc) is 2.97. The average molecular weight is 271 g/mol. The molecule has 0 bridgehead atoms. The fourth-order valence-corrected chi connectivity index (χ4v) is 2.73. The van der Waals surface area contributed by atoms with Crippen LogP contribution in [0, 0.1) is 5.92 Å². The molecule has 1 aliphatic heterocycles. The molecule has 2 atom stereocenters. The van der Waals surface area contributed by atoms with Gasteiger partial charge in [0.1, 0.15) is 11.7 Å². The first-order chi connectivity index (χ1) is 8.50. The molecule has 1 fully saturated rings. The molecular weight excluding hydrogens is 254 g/mol. The third kappa shape index (κ3) is 2.46. The van der Waals surface area contributed by atoms with E-state index >= 15 is 0 Å². The van der Waals surface area contributed by atoms with Gasteiger partial charge in [0.2, 0.25) is 5.13 Å². The van der Waals surface area contributed by atoms with Gasteiger partial charge in [-0.05, 0) is 0 Å². The van der Waals surface area contributed by atoms with Crippen molar-refractivity contribution in [2.45, 2.75) is 25.8 Å². The Hall–Kier alpha value is -1.21. The molecule has 2 unspecified atom stereocenters. The van der Waals surface area contributed by atoms with E-state index < -0.39 is 11.9 Å². The van der Waals surface area contributed by atoms with Crippen molar-refractivity contribution in [2.24, 2.45) is 5.92 Å². The summed E-state index contributed by atoms with van der Waals surface area (Å²) in [5, 5.41) is 9.88. The van der Waals surface area contributed by atoms with E-state index in [-0.39, 0.29) is 18.6 Å². The number of hydrogen-bond donors (Lipinski definition) is 1. The second kappa shape index (κ2) is 5.19. The van der Waals surface area contributed by atoms with Crippen LogP contribution in [0.15, 0.2) is 0 Å². The predicted molar refractivity (Wildman–Crippen MR) is 68.1 cm³/mol. The van der Waals surface area contributed by atoms with Crippen molar-refractivity contribution in [1.29, 1.82) is 0 Å². The summed E-state index contributed by atoms with van der Waals surface area (Å²) in [4.78, 5) is 17.4. The summed E-state index contributed by atoms with van der Waals surface area (Å²) in [6, 6.07) is -0.171. The Morgan fingerprint density at radius 3 is 2.83 bits per heavy atom. The van der Waals surface area contributed by atoms with Crippen molar-refractivity contribution in [3.05, 3.63) is 5.82 Å². The smallest absolute Gasteiger partial charge is 0.311 e. The van der Waals surface area contributed by atoms with Gasteiger partial charge in [-0.25, -0.2) is 4.98 Å². The Bertz CT molecular complexity index is 435. The van der Waals surface area contributed by atoms with E-state index in [0.717, 1.165) is 11.0 Å². The number of anilines is 1. The molecule has 1 aliphatic rings. The lowest BCUT2D eigenvalue weighted by Crippen LogP contribution is -2.40. The van der Waals surface area contributed by atoms with Crippen LogP contribution in [0.1, 0.15) is 25.6 Å². The Morgan fingerprint density at radius 1 is 1.56 bits per heavy atom. The molecule has 0 spiro atoms. The van der Waals surface area contributed by atoms with Gasteiger partial charge in [-0.2, -0.15) is 4.37 Å². The standard InChI is InChI=1S/C11H17N3O3S/c1-6(2)9-12-11(18-13-9)14(3)8-5-17-4-7(8)10(15)16/h6-8H,4-5H2,1-3H3,(H,15,16). The summed E-state index contributed by atoms with van der Waals surface area (Å²) in [6.45, 7) is 4.75. The fraction of sp³-hybridized carbons (Fsp3) is 0.727. The summed E-state index contributed by atoms with van der Waals surface area (Å²) in [6.07, 6.45) is 0. The summed E-state index contributed by atoms with van der Waals surface area (Å²) in [5.41, 5.74) is 0. The Balaban J connectivity index is 2.14. The Kier molecular flexibility index (Phi) is 3.82. The fourth-order valence-electron chi connectivity index (χ4n) is 1.91. The van der Waals surface area contributed by atoms with Gasteiger partial charge in [-0.1, -0.05) is 13.8 Å². The molecule has 0 saturated carbocycles. The van der Waals surface area contributed by atoms with Crippen LogP contribution < -0.4 is 4.90 Å². The molecule has 0 aromatic carbocycles. The summed E-state index contributed by atoms with van der Waals surface area (Å²) >= 11 is 1.30. The maximum atomic E-state index is 11.1. The second-order valence-electron chi connectivity index (χ2n) is 4.75. The molecule has 0 amide bonds. The molecule has 7 heteroatoms. The van der Waals surface area contributed by atoms with Gasteiger partial charge in [-0.3, -0.25) is 4.79 Å². The van der Waals surface area contributed by atoms with E-state index in [1.165, 1.54) is 11.5 Å². The van der Waals surface area contributed by atoms with E-state index in [1.54, 1.807) is 0 Å². The quantitative estimate of drug-likeness (QED) is 0.886. The van der Waals surface area contributed by atoms with Crippen LogP contribution in [0.25, 0.3) is 0 Å². The van der Waals surface area contributed by atoms with Gasteiger partial charge >= 0.3 is 5.97 Å². The molecule has 2 heterocycles. The number of aliphatic carboxylic acids is 1. The van der Waals surface area contributed by atoms with Gasteiger partial charge in [0.05, 0.1) is 19.3 Å². The van der Waals surface area contributed by atoms with Crippen molar-refractivity contribution >= 4 is 22.6 Å². The van der Waals surface area contributed by atoms with Crippen molar-refractivity contribution < 1.29 is 14.6 Å². The van der Waals surface area contributed by atoms with E-state index in [1.807, 2.05) is 25.8 Å². The molecule has 1 saturated heterocycles. The highest BCUT2D eigenvalue weighted by Gasteiger charge is 2.37. The van der Waals surface area contributed by atoms with E-state index in [4.69, 9.17) is 9.84 Å². The molecule has 100 valence electrons. The first-order valence-corrected chi connectivity index (χ1v) is 6.65. The van der Waals surface area contributed by atoms with E-state index in [2.05, 4.69) is 9.36 Å². The van der Waals surface area contributed by atoms with Crippen molar-refractivity contribution in [1.82, 2.24) is 9.36 Å². The monoisotopic (exact) mass is 271 g/mol. The molecular formula is C11H17N3O3S. The van der Waals surface area contributed by atoms with Crippen LogP contribution in [-0.4, -0.2) is 46.7 Å². The number of ether oxygens (including phenoxy) is 1. The lowest BCUT2D eigenvalue weighted by molar-refractivity contribution is -0.141. The maximum absolute atomic E-state index is 11.1. The van der Waals surface area contributed by atoms with Crippen molar-refractivity contribution in [2.75, 3.05) is 25.2 Å². The van der Waals surface area contributed by atoms with Crippen LogP contribution >= 0.6 is 11.5 Å². The van der Waals surface area contributed by atoms with Crippen LogP contribution in [0.4, 0.5) is 5.13 Å². The number of likely N-dealkylation sites (N-methyl/N-ethyl adjacent to an activating group) is 1. The zero-order valence-electron chi connectivity index (χ0n) is 10.7. The highest BCUT2D eigenvalue weighted by Crippen LogP contribution is 2.27. The van der Waals surface area contributed by atoms with Gasteiger partial charge in [-0.15, -0.1) is 0 Å². The van der Waals surface area contributed by atoms with Crippen LogP contribution in [0.5, 0.6) is 0 Å². The first kappa shape index (κ1) is 13.2. The van der Waals surface area contributed by atoms with Gasteiger partial charge in [0, 0.05) is 24.5 Å². The second-order valence-corrected chi connectivity index (χ2v) is 5.48. The molecule has 18 heavy (non-hydrogen) atoms. The summed E-state index contributed by atoms with van der Waals surface area (Å²) in [7, 11) is 1.85. The number of nitrogens with zero attached hydrogens (tertiary/aromatic N) is 3. The van der Waals surface area contributed by atoms with Crippen LogP contribution in [0.2, 0.25) is 0 Å². The molecule has 6 nitrogen and oxygen atoms in total. The van der Waals surface area contributed by atoms with E-state index in [0.29, 0.717) is 6.61 Å². The minimum atomic E-state index is -0.821. The van der Waals surface area contributed by atoms with Crippen LogP contribution in [-0.2, 0) is 9.53 Å². The number of aromatic nitrogens is 2. The SMILES string of the molecule is CC(C)c1nsc(N(C)C2COCC2C(=O)O)n1. The number of carboxylic acids is 1. The lowest BCUT2D eigenvalue weighted by Gasteiger charge is -2.25. The van der Waals surface area contributed by atoms with Gasteiger partial charge in [0.25, 0.3) is 0 Å². The van der Waals surface area contributed by atoms with E-state index in [9.17, 15) is 4.79 Å². The van der Waals surface area contributed by atoms with Gasteiger partial charge in [0.15, 0.2) is 0 Å².